The number of fused-ring (bicyclic) bond motifs is 1. The highest BCUT2D eigenvalue weighted by molar-refractivity contribution is 5.93. The Hall–Kier alpha value is -3.33. The summed E-state index contributed by atoms with van der Waals surface area (Å²) in [6.45, 7) is 5.98. The SMILES string of the molecule is Cc1nnn(C)c1-c1cc(N2CCOCC2C)nc(-c2cc(F)cc3[nH]ccc23)n1. The minimum absolute atomic E-state index is 0.167. The molecule has 154 valence electrons. The van der Waals surface area contributed by atoms with Crippen molar-refractivity contribution in [1.82, 2.24) is 29.9 Å². The number of rotatable bonds is 3. The topological polar surface area (TPSA) is 84.8 Å². The number of benzene rings is 1. The standard InChI is InChI=1S/C21H22FN7O/c1-12-11-30-7-6-29(12)19-10-18(20-13(2)26-27-28(20)3)24-21(25-19)16-8-14(22)9-17-15(16)4-5-23-17/h4-5,8-10,12,23H,6-7,11H2,1-3H3. The van der Waals surface area contributed by atoms with Crippen LogP contribution < -0.4 is 4.90 Å². The Balaban J connectivity index is 1.75. The van der Waals surface area contributed by atoms with Crippen molar-refractivity contribution in [3.63, 3.8) is 0 Å². The molecule has 0 bridgehead atoms. The molecule has 0 amide bonds. The number of morpholine rings is 1. The van der Waals surface area contributed by atoms with E-state index in [0.29, 0.717) is 35.8 Å². The molecule has 1 aliphatic rings. The summed E-state index contributed by atoms with van der Waals surface area (Å²) in [7, 11) is 1.83. The monoisotopic (exact) mass is 407 g/mol. The lowest BCUT2D eigenvalue weighted by molar-refractivity contribution is 0.0985. The van der Waals surface area contributed by atoms with Crippen LogP contribution in [0.5, 0.6) is 0 Å². The fourth-order valence-electron chi connectivity index (χ4n) is 4.02. The molecular formula is C21H22FN7O. The fourth-order valence-corrected chi connectivity index (χ4v) is 4.02. The van der Waals surface area contributed by atoms with E-state index >= 15 is 0 Å². The summed E-state index contributed by atoms with van der Waals surface area (Å²) < 4.78 is 21.6. The van der Waals surface area contributed by atoms with E-state index in [2.05, 4.69) is 27.1 Å². The van der Waals surface area contributed by atoms with Crippen molar-refractivity contribution in [2.24, 2.45) is 7.05 Å². The molecule has 1 fully saturated rings. The predicted molar refractivity (Wildman–Crippen MR) is 112 cm³/mol. The van der Waals surface area contributed by atoms with E-state index < -0.39 is 0 Å². The van der Waals surface area contributed by atoms with Crippen LogP contribution in [0.4, 0.5) is 10.2 Å². The van der Waals surface area contributed by atoms with Gasteiger partial charge in [0.25, 0.3) is 0 Å². The summed E-state index contributed by atoms with van der Waals surface area (Å²) >= 11 is 0. The lowest BCUT2D eigenvalue weighted by Gasteiger charge is -2.34. The molecule has 1 aromatic carbocycles. The van der Waals surface area contributed by atoms with E-state index in [0.717, 1.165) is 29.1 Å². The Morgan fingerprint density at radius 1 is 1.23 bits per heavy atom. The van der Waals surface area contributed by atoms with Crippen LogP contribution in [-0.2, 0) is 11.8 Å². The number of anilines is 1. The number of nitrogens with one attached hydrogen (secondary N) is 1. The minimum Gasteiger partial charge on any atom is -0.377 e. The van der Waals surface area contributed by atoms with Gasteiger partial charge in [0.2, 0.25) is 0 Å². The van der Waals surface area contributed by atoms with E-state index in [4.69, 9.17) is 14.7 Å². The fraction of sp³-hybridized carbons (Fsp3) is 0.333. The van der Waals surface area contributed by atoms with E-state index in [1.54, 1.807) is 10.9 Å². The molecule has 4 aromatic rings. The third kappa shape index (κ3) is 3.11. The van der Waals surface area contributed by atoms with Crippen molar-refractivity contribution < 1.29 is 9.13 Å². The maximum atomic E-state index is 14.4. The van der Waals surface area contributed by atoms with E-state index in [9.17, 15) is 4.39 Å². The number of H-pyrrole nitrogens is 1. The molecule has 5 rings (SSSR count). The molecule has 1 atom stereocenters. The van der Waals surface area contributed by atoms with E-state index in [1.807, 2.05) is 26.1 Å². The van der Waals surface area contributed by atoms with Gasteiger partial charge >= 0.3 is 0 Å². The van der Waals surface area contributed by atoms with Gasteiger partial charge in [0.1, 0.15) is 17.3 Å². The van der Waals surface area contributed by atoms with E-state index in [1.165, 1.54) is 12.1 Å². The van der Waals surface area contributed by atoms with Crippen LogP contribution in [0.2, 0.25) is 0 Å². The number of aryl methyl sites for hydroxylation is 2. The molecule has 4 heterocycles. The number of hydrogen-bond donors (Lipinski definition) is 1. The van der Waals surface area contributed by atoms with Gasteiger partial charge in [-0.2, -0.15) is 0 Å². The molecule has 9 heteroatoms. The average molecular weight is 407 g/mol. The van der Waals surface area contributed by atoms with Crippen molar-refractivity contribution in [2.45, 2.75) is 19.9 Å². The molecule has 1 saturated heterocycles. The number of hydrogen-bond acceptors (Lipinski definition) is 6. The molecule has 8 nitrogen and oxygen atoms in total. The number of nitrogens with zero attached hydrogens (tertiary/aromatic N) is 6. The molecule has 1 unspecified atom stereocenters. The second-order valence-corrected chi connectivity index (χ2v) is 7.59. The molecule has 0 spiro atoms. The van der Waals surface area contributed by atoms with Gasteiger partial charge in [-0.15, -0.1) is 5.10 Å². The molecule has 30 heavy (non-hydrogen) atoms. The first-order chi connectivity index (χ1) is 14.5. The maximum Gasteiger partial charge on any atom is 0.162 e. The summed E-state index contributed by atoms with van der Waals surface area (Å²) in [6, 6.07) is 6.98. The van der Waals surface area contributed by atoms with Gasteiger partial charge in [-0.05, 0) is 32.0 Å². The second kappa shape index (κ2) is 7.17. The Labute approximate surface area is 172 Å². The smallest absolute Gasteiger partial charge is 0.162 e. The second-order valence-electron chi connectivity index (χ2n) is 7.59. The van der Waals surface area contributed by atoms with Crippen molar-refractivity contribution in [2.75, 3.05) is 24.7 Å². The molecule has 0 aliphatic carbocycles. The summed E-state index contributed by atoms with van der Waals surface area (Å²) in [6.07, 6.45) is 1.79. The summed E-state index contributed by atoms with van der Waals surface area (Å²) in [5.41, 5.74) is 3.63. The first kappa shape index (κ1) is 18.7. The van der Waals surface area contributed by atoms with Gasteiger partial charge in [0.15, 0.2) is 5.82 Å². The number of aromatic amines is 1. The van der Waals surface area contributed by atoms with Crippen LogP contribution in [0.15, 0.2) is 30.5 Å². The summed E-state index contributed by atoms with van der Waals surface area (Å²) in [4.78, 5) is 14.9. The summed E-state index contributed by atoms with van der Waals surface area (Å²) in [5, 5.41) is 9.15. The molecule has 1 N–H and O–H groups in total. The highest BCUT2D eigenvalue weighted by Crippen LogP contribution is 2.32. The normalized spacial score (nSPS) is 17.1. The third-order valence-corrected chi connectivity index (χ3v) is 5.49. The van der Waals surface area contributed by atoms with Crippen LogP contribution in [0.1, 0.15) is 12.6 Å². The molecule has 1 aliphatic heterocycles. The van der Waals surface area contributed by atoms with Gasteiger partial charge in [0.05, 0.1) is 30.6 Å². The van der Waals surface area contributed by atoms with Gasteiger partial charge in [-0.3, -0.25) is 0 Å². The largest absolute Gasteiger partial charge is 0.377 e. The number of halogens is 1. The molecule has 3 aromatic heterocycles. The Morgan fingerprint density at radius 2 is 2.10 bits per heavy atom. The molecule has 0 radical (unpaired) electrons. The van der Waals surface area contributed by atoms with Crippen molar-refractivity contribution in [3.8, 4) is 22.8 Å². The van der Waals surface area contributed by atoms with Crippen molar-refractivity contribution in [1.29, 1.82) is 0 Å². The first-order valence-corrected chi connectivity index (χ1v) is 9.88. The zero-order chi connectivity index (χ0) is 20.8. The Bertz CT molecular complexity index is 1210. The lowest BCUT2D eigenvalue weighted by Crippen LogP contribution is -2.44. The van der Waals surface area contributed by atoms with Crippen LogP contribution >= 0.6 is 0 Å². The van der Waals surface area contributed by atoms with E-state index in [-0.39, 0.29) is 11.9 Å². The van der Waals surface area contributed by atoms with Gasteiger partial charge in [-0.25, -0.2) is 19.0 Å². The van der Waals surface area contributed by atoms with Gasteiger partial charge in [0, 0.05) is 42.3 Å². The van der Waals surface area contributed by atoms with Crippen molar-refractivity contribution in [3.05, 3.63) is 42.0 Å². The van der Waals surface area contributed by atoms with Crippen molar-refractivity contribution >= 4 is 16.7 Å². The van der Waals surface area contributed by atoms with Gasteiger partial charge in [-0.1, -0.05) is 5.21 Å². The average Bonchev–Trinajstić information content (AvgIpc) is 3.33. The molecule has 0 saturated carbocycles. The summed E-state index contributed by atoms with van der Waals surface area (Å²) in [5.74, 6) is 0.902. The minimum atomic E-state index is -0.339. The zero-order valence-electron chi connectivity index (χ0n) is 17.1. The molecular weight excluding hydrogens is 385 g/mol. The Morgan fingerprint density at radius 3 is 2.87 bits per heavy atom. The lowest BCUT2D eigenvalue weighted by atomic mass is 10.1. The zero-order valence-corrected chi connectivity index (χ0v) is 17.1. The quantitative estimate of drug-likeness (QED) is 0.562. The number of aromatic nitrogens is 6. The van der Waals surface area contributed by atoms with Crippen LogP contribution in [0.3, 0.4) is 0 Å². The number of ether oxygens (including phenoxy) is 1. The Kier molecular flexibility index (Phi) is 4.47. The van der Waals surface area contributed by atoms with Crippen LogP contribution in [-0.4, -0.2) is 55.7 Å². The highest BCUT2D eigenvalue weighted by Gasteiger charge is 2.24. The maximum absolute atomic E-state index is 14.4. The van der Waals surface area contributed by atoms with Crippen LogP contribution in [0.25, 0.3) is 33.7 Å². The first-order valence-electron chi connectivity index (χ1n) is 9.88. The predicted octanol–water partition coefficient (Wildman–Crippen LogP) is 3.09. The third-order valence-electron chi connectivity index (χ3n) is 5.49. The van der Waals surface area contributed by atoms with Crippen LogP contribution in [0, 0.1) is 12.7 Å². The highest BCUT2D eigenvalue weighted by atomic mass is 19.1. The van der Waals surface area contributed by atoms with Gasteiger partial charge < -0.3 is 14.6 Å².